The van der Waals surface area contributed by atoms with Crippen LogP contribution in [-0.2, 0) is 5.41 Å². The summed E-state index contributed by atoms with van der Waals surface area (Å²) < 4.78 is 0. The molecule has 0 spiro atoms. The van der Waals surface area contributed by atoms with E-state index >= 15 is 0 Å². The van der Waals surface area contributed by atoms with Gasteiger partial charge in [-0.15, -0.1) is 0 Å². The topological polar surface area (TPSA) is 40.1 Å². The Morgan fingerprint density at radius 3 is 2.39 bits per heavy atom. The van der Waals surface area contributed by atoms with Crippen molar-refractivity contribution in [2.24, 2.45) is 0 Å². The lowest BCUT2D eigenvalue weighted by atomic mass is 9.82. The third-order valence-electron chi connectivity index (χ3n) is 3.82. The molecule has 0 aromatic heterocycles. The third-order valence-corrected chi connectivity index (χ3v) is 3.82. The molecule has 1 aliphatic carbocycles. The standard InChI is InChI=1S/C16H14O2/c1-16(2)13-6-4-3-5-11(13)12-8-7-10(15(17)18)9-14(12)16/h3-9H,1-2H3,(H,17,18)/p-1. The van der Waals surface area contributed by atoms with E-state index in [4.69, 9.17) is 0 Å². The number of carboxylic acid groups (broad SMARTS) is 1. The van der Waals surface area contributed by atoms with Gasteiger partial charge in [0.1, 0.15) is 0 Å². The van der Waals surface area contributed by atoms with Gasteiger partial charge < -0.3 is 9.90 Å². The van der Waals surface area contributed by atoms with E-state index in [9.17, 15) is 9.90 Å². The molecule has 0 fully saturated rings. The minimum absolute atomic E-state index is 0.155. The Bertz CT molecular complexity index is 654. The van der Waals surface area contributed by atoms with Crippen molar-refractivity contribution in [1.29, 1.82) is 0 Å². The highest BCUT2D eigenvalue weighted by Gasteiger charge is 2.34. The predicted octanol–water partition coefficient (Wildman–Crippen LogP) is 2.36. The molecule has 0 saturated heterocycles. The third kappa shape index (κ3) is 1.32. The van der Waals surface area contributed by atoms with Crippen molar-refractivity contribution in [3.63, 3.8) is 0 Å². The van der Waals surface area contributed by atoms with Gasteiger partial charge in [0.15, 0.2) is 0 Å². The Kier molecular flexibility index (Phi) is 2.11. The molecule has 0 saturated carbocycles. The van der Waals surface area contributed by atoms with E-state index in [-0.39, 0.29) is 11.0 Å². The summed E-state index contributed by atoms with van der Waals surface area (Å²) in [4.78, 5) is 11.0. The van der Waals surface area contributed by atoms with Gasteiger partial charge in [0.2, 0.25) is 0 Å². The van der Waals surface area contributed by atoms with Crippen molar-refractivity contribution in [3.8, 4) is 11.1 Å². The molecule has 0 atom stereocenters. The largest absolute Gasteiger partial charge is 0.545 e. The van der Waals surface area contributed by atoms with Crippen molar-refractivity contribution in [3.05, 3.63) is 59.2 Å². The van der Waals surface area contributed by atoms with Crippen LogP contribution in [0.4, 0.5) is 0 Å². The normalized spacial score (nSPS) is 15.0. The van der Waals surface area contributed by atoms with Gasteiger partial charge >= 0.3 is 0 Å². The number of hydrogen-bond donors (Lipinski definition) is 0. The van der Waals surface area contributed by atoms with Crippen LogP contribution in [0, 0.1) is 0 Å². The first-order chi connectivity index (χ1) is 8.51. The minimum atomic E-state index is -1.12. The summed E-state index contributed by atoms with van der Waals surface area (Å²) in [5, 5.41) is 11.0. The maximum Gasteiger partial charge on any atom is 0.0715 e. The van der Waals surface area contributed by atoms with Crippen LogP contribution >= 0.6 is 0 Å². The second-order valence-electron chi connectivity index (χ2n) is 5.22. The summed E-state index contributed by atoms with van der Waals surface area (Å²) in [6.45, 7) is 4.24. The van der Waals surface area contributed by atoms with Crippen LogP contribution in [0.15, 0.2) is 42.5 Å². The highest BCUT2D eigenvalue weighted by atomic mass is 16.4. The van der Waals surface area contributed by atoms with Gasteiger partial charge in [-0.05, 0) is 33.9 Å². The lowest BCUT2D eigenvalue weighted by Gasteiger charge is -2.22. The van der Waals surface area contributed by atoms with Crippen molar-refractivity contribution in [1.82, 2.24) is 0 Å². The first-order valence-corrected chi connectivity index (χ1v) is 5.97. The summed E-state index contributed by atoms with van der Waals surface area (Å²) in [7, 11) is 0. The zero-order valence-corrected chi connectivity index (χ0v) is 10.4. The monoisotopic (exact) mass is 237 g/mol. The number of hydrogen-bond acceptors (Lipinski definition) is 2. The maximum absolute atomic E-state index is 11.0. The number of benzene rings is 2. The van der Waals surface area contributed by atoms with Crippen LogP contribution < -0.4 is 5.11 Å². The van der Waals surface area contributed by atoms with Crippen LogP contribution in [0.2, 0.25) is 0 Å². The SMILES string of the molecule is CC1(C)c2ccccc2-c2ccc(C(=O)[O-])cc21. The fourth-order valence-electron chi connectivity index (χ4n) is 2.83. The van der Waals surface area contributed by atoms with Gasteiger partial charge in [0, 0.05) is 5.41 Å². The van der Waals surface area contributed by atoms with Gasteiger partial charge in [-0.25, -0.2) is 0 Å². The lowest BCUT2D eigenvalue weighted by Crippen LogP contribution is -2.23. The molecular formula is C16H13O2-. The molecule has 0 bridgehead atoms. The summed E-state index contributed by atoms with van der Waals surface area (Å²) >= 11 is 0. The summed E-state index contributed by atoms with van der Waals surface area (Å²) in [6, 6.07) is 13.5. The zero-order chi connectivity index (χ0) is 12.9. The van der Waals surface area contributed by atoms with Crippen LogP contribution in [0.1, 0.15) is 35.3 Å². The maximum atomic E-state index is 11.0. The number of carbonyl (C=O) groups is 1. The molecule has 90 valence electrons. The van der Waals surface area contributed by atoms with Crippen molar-refractivity contribution in [2.75, 3.05) is 0 Å². The van der Waals surface area contributed by atoms with Gasteiger partial charge in [-0.2, -0.15) is 0 Å². The Morgan fingerprint density at radius 2 is 1.67 bits per heavy atom. The van der Waals surface area contributed by atoms with E-state index < -0.39 is 5.97 Å². The molecule has 0 radical (unpaired) electrons. The Balaban J connectivity index is 2.31. The molecule has 2 heteroatoms. The Labute approximate surface area is 106 Å². The van der Waals surface area contributed by atoms with Crippen molar-refractivity contribution >= 4 is 5.97 Å². The molecular weight excluding hydrogens is 224 g/mol. The van der Waals surface area contributed by atoms with Crippen LogP contribution in [-0.4, -0.2) is 5.97 Å². The second kappa shape index (κ2) is 3.45. The number of carboxylic acids is 1. The van der Waals surface area contributed by atoms with E-state index in [1.807, 2.05) is 18.2 Å². The average Bonchev–Trinajstić information content (AvgIpc) is 2.59. The van der Waals surface area contributed by atoms with E-state index in [1.54, 1.807) is 12.1 Å². The van der Waals surface area contributed by atoms with Gasteiger partial charge in [-0.1, -0.05) is 50.2 Å². The molecule has 2 aromatic rings. The second-order valence-corrected chi connectivity index (χ2v) is 5.22. The van der Waals surface area contributed by atoms with E-state index in [0.717, 1.165) is 11.1 Å². The van der Waals surface area contributed by atoms with Gasteiger partial charge in [0.25, 0.3) is 0 Å². The minimum Gasteiger partial charge on any atom is -0.545 e. The summed E-state index contributed by atoms with van der Waals surface area (Å²) in [5.74, 6) is -1.12. The summed E-state index contributed by atoms with van der Waals surface area (Å²) in [5.41, 5.74) is 4.72. The smallest absolute Gasteiger partial charge is 0.0715 e. The van der Waals surface area contributed by atoms with Crippen molar-refractivity contribution in [2.45, 2.75) is 19.3 Å². The van der Waals surface area contributed by atoms with E-state index in [1.165, 1.54) is 11.1 Å². The fraction of sp³-hybridized carbons (Fsp3) is 0.188. The van der Waals surface area contributed by atoms with Gasteiger partial charge in [0.05, 0.1) is 5.97 Å². The molecule has 0 aliphatic heterocycles. The molecule has 0 N–H and O–H groups in total. The quantitative estimate of drug-likeness (QED) is 0.763. The number of aromatic carboxylic acids is 1. The highest BCUT2D eigenvalue weighted by Crippen LogP contribution is 2.48. The summed E-state index contributed by atoms with van der Waals surface area (Å²) in [6.07, 6.45) is 0. The van der Waals surface area contributed by atoms with Crippen LogP contribution in [0.3, 0.4) is 0 Å². The highest BCUT2D eigenvalue weighted by molar-refractivity contribution is 5.89. The molecule has 1 aliphatic rings. The molecule has 0 heterocycles. The molecule has 0 amide bonds. The lowest BCUT2D eigenvalue weighted by molar-refractivity contribution is -0.255. The molecule has 0 unspecified atom stereocenters. The molecule has 3 rings (SSSR count). The predicted molar refractivity (Wildman–Crippen MR) is 68.3 cm³/mol. The van der Waals surface area contributed by atoms with E-state index in [0.29, 0.717) is 0 Å². The van der Waals surface area contributed by atoms with Gasteiger partial charge in [-0.3, -0.25) is 0 Å². The van der Waals surface area contributed by atoms with Crippen LogP contribution in [0.25, 0.3) is 11.1 Å². The molecule has 2 nitrogen and oxygen atoms in total. The first kappa shape index (κ1) is 11.0. The van der Waals surface area contributed by atoms with Crippen molar-refractivity contribution < 1.29 is 9.90 Å². The molecule has 2 aromatic carbocycles. The van der Waals surface area contributed by atoms with Crippen LogP contribution in [0.5, 0.6) is 0 Å². The number of rotatable bonds is 1. The molecule has 18 heavy (non-hydrogen) atoms. The van der Waals surface area contributed by atoms with E-state index in [2.05, 4.69) is 26.0 Å². The Morgan fingerprint density at radius 1 is 1.00 bits per heavy atom. The number of fused-ring (bicyclic) bond motifs is 3. The first-order valence-electron chi connectivity index (χ1n) is 5.97. The Hall–Kier alpha value is -2.09. The average molecular weight is 237 g/mol. The zero-order valence-electron chi connectivity index (χ0n) is 10.4. The number of carbonyl (C=O) groups excluding carboxylic acids is 1. The fourth-order valence-corrected chi connectivity index (χ4v) is 2.83.